The Labute approximate surface area is 106 Å². The van der Waals surface area contributed by atoms with Crippen molar-refractivity contribution < 1.29 is 14.7 Å². The minimum atomic E-state index is -0.846. The van der Waals surface area contributed by atoms with Crippen LogP contribution in [0.1, 0.15) is 36.7 Å². The highest BCUT2D eigenvalue weighted by Crippen LogP contribution is 2.38. The minimum Gasteiger partial charge on any atom is -0.481 e. The molecule has 2 atom stereocenters. The van der Waals surface area contributed by atoms with E-state index in [1.807, 2.05) is 0 Å². The van der Waals surface area contributed by atoms with Gasteiger partial charge in [0, 0.05) is 19.3 Å². The number of hydrogen-bond acceptors (Lipinski definition) is 2. The zero-order chi connectivity index (χ0) is 13.3. The monoisotopic (exact) mass is 250 g/mol. The van der Waals surface area contributed by atoms with Crippen molar-refractivity contribution in [2.45, 2.75) is 32.2 Å². The maximum absolute atomic E-state index is 12.1. The molecule has 1 fully saturated rings. The molecule has 2 rings (SSSR count). The molecule has 1 aromatic heterocycles. The number of aromatic nitrogens is 1. The van der Waals surface area contributed by atoms with Crippen molar-refractivity contribution >= 4 is 11.9 Å². The van der Waals surface area contributed by atoms with Gasteiger partial charge < -0.3 is 15.0 Å². The Hall–Kier alpha value is -1.78. The number of amides is 1. The Balaban J connectivity index is 2.13. The maximum Gasteiger partial charge on any atom is 0.311 e. The van der Waals surface area contributed by atoms with E-state index in [4.69, 9.17) is 0 Å². The van der Waals surface area contributed by atoms with Gasteiger partial charge in [0.05, 0.1) is 5.41 Å². The van der Waals surface area contributed by atoms with Gasteiger partial charge in [-0.15, -0.1) is 0 Å². The number of nitrogens with one attached hydrogen (secondary N) is 1. The van der Waals surface area contributed by atoms with Crippen molar-refractivity contribution in [3.05, 3.63) is 24.0 Å². The van der Waals surface area contributed by atoms with Crippen molar-refractivity contribution in [2.75, 3.05) is 0 Å². The van der Waals surface area contributed by atoms with Crippen LogP contribution in [0.2, 0.25) is 0 Å². The van der Waals surface area contributed by atoms with E-state index in [0.717, 1.165) is 12.8 Å². The zero-order valence-corrected chi connectivity index (χ0v) is 10.6. The third-order valence-corrected chi connectivity index (χ3v) is 3.93. The molecule has 0 saturated heterocycles. The van der Waals surface area contributed by atoms with Crippen molar-refractivity contribution in [3.63, 3.8) is 0 Å². The van der Waals surface area contributed by atoms with Crippen molar-refractivity contribution in [3.8, 4) is 0 Å². The van der Waals surface area contributed by atoms with Crippen LogP contribution in [0.25, 0.3) is 0 Å². The summed E-state index contributed by atoms with van der Waals surface area (Å²) in [5.41, 5.74) is -0.296. The lowest BCUT2D eigenvalue weighted by Gasteiger charge is -2.27. The molecule has 1 saturated carbocycles. The smallest absolute Gasteiger partial charge is 0.311 e. The summed E-state index contributed by atoms with van der Waals surface area (Å²) in [6, 6.07) is 3.22. The van der Waals surface area contributed by atoms with E-state index < -0.39 is 11.4 Å². The molecule has 1 aromatic rings. The van der Waals surface area contributed by atoms with Crippen LogP contribution in [0, 0.1) is 5.41 Å². The van der Waals surface area contributed by atoms with Gasteiger partial charge in [0.2, 0.25) is 0 Å². The average molecular weight is 250 g/mol. The van der Waals surface area contributed by atoms with Crippen LogP contribution in [-0.2, 0) is 11.8 Å². The number of hydrogen-bond donors (Lipinski definition) is 2. The zero-order valence-electron chi connectivity index (χ0n) is 10.6. The van der Waals surface area contributed by atoms with E-state index in [1.54, 1.807) is 36.9 Å². The second kappa shape index (κ2) is 4.48. The first kappa shape index (κ1) is 12.7. The lowest BCUT2D eigenvalue weighted by atomic mass is 9.85. The summed E-state index contributed by atoms with van der Waals surface area (Å²) in [6.45, 7) is 1.71. The molecule has 1 aliphatic carbocycles. The molecule has 5 heteroatoms. The third kappa shape index (κ3) is 2.00. The van der Waals surface area contributed by atoms with Crippen LogP contribution in [0.4, 0.5) is 0 Å². The number of aryl methyl sites for hydroxylation is 1. The van der Waals surface area contributed by atoms with Crippen molar-refractivity contribution in [1.82, 2.24) is 9.88 Å². The van der Waals surface area contributed by atoms with Crippen LogP contribution in [0.3, 0.4) is 0 Å². The lowest BCUT2D eigenvalue weighted by molar-refractivity contribution is -0.148. The molecule has 0 radical (unpaired) electrons. The summed E-state index contributed by atoms with van der Waals surface area (Å²) in [7, 11) is 1.79. The molecule has 18 heavy (non-hydrogen) atoms. The SMILES string of the molecule is Cn1cccc1C(=O)NC1CCCC1(C)C(=O)O. The van der Waals surface area contributed by atoms with Gasteiger partial charge in [-0.3, -0.25) is 9.59 Å². The summed E-state index contributed by atoms with van der Waals surface area (Å²) in [4.78, 5) is 23.4. The molecule has 1 amide bonds. The normalized spacial score (nSPS) is 27.1. The maximum atomic E-state index is 12.1. The van der Waals surface area contributed by atoms with E-state index in [9.17, 15) is 14.7 Å². The van der Waals surface area contributed by atoms with Crippen molar-refractivity contribution in [1.29, 1.82) is 0 Å². The molecule has 0 bridgehead atoms. The van der Waals surface area contributed by atoms with E-state index >= 15 is 0 Å². The second-order valence-electron chi connectivity index (χ2n) is 5.15. The highest BCUT2D eigenvalue weighted by Gasteiger charge is 2.46. The highest BCUT2D eigenvalue weighted by atomic mass is 16.4. The quantitative estimate of drug-likeness (QED) is 0.851. The molecule has 1 heterocycles. The molecule has 1 aliphatic rings. The molecular weight excluding hydrogens is 232 g/mol. The van der Waals surface area contributed by atoms with Crippen LogP contribution < -0.4 is 5.32 Å². The van der Waals surface area contributed by atoms with Gasteiger partial charge in [-0.25, -0.2) is 0 Å². The molecule has 5 nitrogen and oxygen atoms in total. The van der Waals surface area contributed by atoms with Gasteiger partial charge in [0.1, 0.15) is 5.69 Å². The summed E-state index contributed by atoms with van der Waals surface area (Å²) >= 11 is 0. The molecular formula is C13H18N2O3. The third-order valence-electron chi connectivity index (χ3n) is 3.93. The van der Waals surface area contributed by atoms with Gasteiger partial charge in [-0.05, 0) is 31.9 Å². The number of carbonyl (C=O) groups excluding carboxylic acids is 1. The van der Waals surface area contributed by atoms with Crippen LogP contribution in [0.15, 0.2) is 18.3 Å². The number of carboxylic acid groups (broad SMARTS) is 1. The van der Waals surface area contributed by atoms with Gasteiger partial charge in [-0.1, -0.05) is 6.42 Å². The van der Waals surface area contributed by atoms with E-state index in [-0.39, 0.29) is 11.9 Å². The largest absolute Gasteiger partial charge is 0.481 e. The molecule has 2 N–H and O–H groups in total. The molecule has 0 spiro atoms. The molecule has 0 aliphatic heterocycles. The van der Waals surface area contributed by atoms with E-state index in [1.165, 1.54) is 0 Å². The first-order valence-electron chi connectivity index (χ1n) is 6.11. The number of carbonyl (C=O) groups is 2. The van der Waals surface area contributed by atoms with Crippen LogP contribution >= 0.6 is 0 Å². The van der Waals surface area contributed by atoms with Crippen molar-refractivity contribution in [2.24, 2.45) is 12.5 Å². The lowest BCUT2D eigenvalue weighted by Crippen LogP contribution is -2.47. The minimum absolute atomic E-state index is 0.207. The summed E-state index contributed by atoms with van der Waals surface area (Å²) < 4.78 is 1.72. The molecule has 2 unspecified atom stereocenters. The Bertz CT molecular complexity index is 480. The predicted molar refractivity (Wildman–Crippen MR) is 66.3 cm³/mol. The summed E-state index contributed by atoms with van der Waals surface area (Å²) in [5.74, 6) is -1.04. The van der Waals surface area contributed by atoms with Crippen LogP contribution in [-0.4, -0.2) is 27.6 Å². The predicted octanol–water partition coefficient (Wildman–Crippen LogP) is 1.40. The first-order valence-corrected chi connectivity index (χ1v) is 6.11. The number of carboxylic acids is 1. The Morgan fingerprint density at radius 1 is 1.56 bits per heavy atom. The fourth-order valence-electron chi connectivity index (χ4n) is 2.58. The highest BCUT2D eigenvalue weighted by molar-refractivity contribution is 5.93. The fourth-order valence-corrected chi connectivity index (χ4v) is 2.58. The molecule has 98 valence electrons. The van der Waals surface area contributed by atoms with Gasteiger partial charge in [0.25, 0.3) is 5.91 Å². The van der Waals surface area contributed by atoms with E-state index in [0.29, 0.717) is 12.1 Å². The number of aliphatic carboxylic acids is 1. The van der Waals surface area contributed by atoms with Gasteiger partial charge in [0.15, 0.2) is 0 Å². The Kier molecular flexibility index (Phi) is 3.15. The Morgan fingerprint density at radius 2 is 2.28 bits per heavy atom. The standard InChI is InChI=1S/C13H18N2O3/c1-13(12(17)18)7-3-6-10(13)14-11(16)9-5-4-8-15(9)2/h4-5,8,10H,3,6-7H2,1-2H3,(H,14,16)(H,17,18). The number of nitrogens with zero attached hydrogens (tertiary/aromatic N) is 1. The first-order chi connectivity index (χ1) is 8.45. The summed E-state index contributed by atoms with van der Waals surface area (Å²) in [6.07, 6.45) is 3.96. The second-order valence-corrected chi connectivity index (χ2v) is 5.15. The average Bonchev–Trinajstić information content (AvgIpc) is 2.87. The fraction of sp³-hybridized carbons (Fsp3) is 0.538. The summed E-state index contributed by atoms with van der Waals surface area (Å²) in [5, 5.41) is 12.1. The van der Waals surface area contributed by atoms with Gasteiger partial charge in [-0.2, -0.15) is 0 Å². The van der Waals surface area contributed by atoms with E-state index in [2.05, 4.69) is 5.32 Å². The van der Waals surface area contributed by atoms with Gasteiger partial charge >= 0.3 is 5.97 Å². The molecule has 0 aromatic carbocycles. The van der Waals surface area contributed by atoms with Crippen LogP contribution in [0.5, 0.6) is 0 Å². The topological polar surface area (TPSA) is 71.3 Å². The number of rotatable bonds is 3. The Morgan fingerprint density at radius 3 is 2.83 bits per heavy atom.